The minimum atomic E-state index is -0.195. The Labute approximate surface area is 147 Å². The van der Waals surface area contributed by atoms with Crippen molar-refractivity contribution in [3.8, 4) is 5.75 Å². The van der Waals surface area contributed by atoms with E-state index in [0.717, 1.165) is 19.5 Å². The average molecular weight is 342 g/mol. The van der Waals surface area contributed by atoms with Crippen LogP contribution >= 0.6 is 0 Å². The third kappa shape index (κ3) is 4.29. The Morgan fingerprint density at radius 3 is 2.92 bits per heavy atom. The number of rotatable bonds is 6. The molecule has 4 nitrogen and oxygen atoms in total. The van der Waals surface area contributed by atoms with Crippen LogP contribution in [0.2, 0.25) is 0 Å². The molecule has 0 saturated carbocycles. The summed E-state index contributed by atoms with van der Waals surface area (Å²) < 4.78 is 19.3. The van der Waals surface area contributed by atoms with Crippen molar-refractivity contribution in [3.63, 3.8) is 0 Å². The molecule has 25 heavy (non-hydrogen) atoms. The van der Waals surface area contributed by atoms with Crippen molar-refractivity contribution in [1.82, 2.24) is 5.32 Å². The Kier molecular flexibility index (Phi) is 5.53. The van der Waals surface area contributed by atoms with E-state index >= 15 is 0 Å². The Morgan fingerprint density at radius 2 is 2.12 bits per heavy atom. The summed E-state index contributed by atoms with van der Waals surface area (Å²) in [5, 5.41) is 2.98. The maximum Gasteiger partial charge on any atom is 0.251 e. The summed E-state index contributed by atoms with van der Waals surface area (Å²) >= 11 is 0. The van der Waals surface area contributed by atoms with Crippen molar-refractivity contribution >= 4 is 11.6 Å². The highest BCUT2D eigenvalue weighted by Crippen LogP contribution is 2.25. The van der Waals surface area contributed by atoms with Crippen LogP contribution in [0.1, 0.15) is 23.7 Å². The molecule has 1 amide bonds. The number of anilines is 1. The fourth-order valence-electron chi connectivity index (χ4n) is 3.16. The second kappa shape index (κ2) is 8.01. The van der Waals surface area contributed by atoms with E-state index in [1.165, 1.54) is 6.07 Å². The third-order valence-electron chi connectivity index (χ3n) is 4.44. The average Bonchev–Trinajstić information content (AvgIpc) is 3.09. The number of carbonyl (C=O) groups excluding carboxylic acids is 1. The Morgan fingerprint density at radius 1 is 1.28 bits per heavy atom. The van der Waals surface area contributed by atoms with Crippen molar-refractivity contribution in [2.24, 2.45) is 5.92 Å². The summed E-state index contributed by atoms with van der Waals surface area (Å²) in [4.78, 5) is 14.4. The van der Waals surface area contributed by atoms with Gasteiger partial charge in [0.1, 0.15) is 11.6 Å². The van der Waals surface area contributed by atoms with E-state index in [1.807, 2.05) is 30.0 Å². The van der Waals surface area contributed by atoms with Crippen LogP contribution in [0.3, 0.4) is 0 Å². The number of amides is 1. The minimum Gasteiger partial charge on any atom is -0.494 e. The molecule has 5 heteroatoms. The molecule has 0 radical (unpaired) electrons. The predicted molar refractivity (Wildman–Crippen MR) is 96.7 cm³/mol. The Balaban J connectivity index is 1.53. The van der Waals surface area contributed by atoms with E-state index in [4.69, 9.17) is 4.74 Å². The van der Waals surface area contributed by atoms with E-state index in [1.54, 1.807) is 24.3 Å². The lowest BCUT2D eigenvalue weighted by atomic mass is 10.1. The summed E-state index contributed by atoms with van der Waals surface area (Å²) in [5.41, 5.74) is 1.23. The van der Waals surface area contributed by atoms with Crippen LogP contribution in [0.15, 0.2) is 48.5 Å². The molecular formula is C20H23FN2O2. The second-order valence-electron chi connectivity index (χ2n) is 6.22. The van der Waals surface area contributed by atoms with Crippen molar-refractivity contribution in [2.75, 3.05) is 31.1 Å². The summed E-state index contributed by atoms with van der Waals surface area (Å²) in [6, 6.07) is 14.0. The summed E-state index contributed by atoms with van der Waals surface area (Å²) in [6.07, 6.45) is 0.938. The fourth-order valence-corrected chi connectivity index (χ4v) is 3.16. The molecule has 1 N–H and O–H groups in total. The van der Waals surface area contributed by atoms with Gasteiger partial charge in [-0.3, -0.25) is 4.79 Å². The number of nitrogens with zero attached hydrogens (tertiary/aromatic N) is 1. The molecule has 1 atom stereocenters. The second-order valence-corrected chi connectivity index (χ2v) is 6.22. The van der Waals surface area contributed by atoms with Gasteiger partial charge in [0.05, 0.1) is 12.3 Å². The first-order valence-corrected chi connectivity index (χ1v) is 8.68. The molecule has 3 rings (SSSR count). The number of ether oxygens (including phenoxy) is 1. The summed E-state index contributed by atoms with van der Waals surface area (Å²) in [5.74, 6) is 0.714. The molecule has 1 aliphatic heterocycles. The molecule has 0 unspecified atom stereocenters. The minimum absolute atomic E-state index is 0.106. The molecule has 0 aromatic heterocycles. The third-order valence-corrected chi connectivity index (χ3v) is 4.44. The number of hydrogen-bond donors (Lipinski definition) is 1. The van der Waals surface area contributed by atoms with Gasteiger partial charge in [0.2, 0.25) is 0 Å². The van der Waals surface area contributed by atoms with Crippen molar-refractivity contribution in [2.45, 2.75) is 13.3 Å². The van der Waals surface area contributed by atoms with Gasteiger partial charge in [-0.15, -0.1) is 0 Å². The van der Waals surface area contributed by atoms with Crippen LogP contribution in [0, 0.1) is 11.7 Å². The van der Waals surface area contributed by atoms with Gasteiger partial charge >= 0.3 is 0 Å². The first kappa shape index (κ1) is 17.3. The van der Waals surface area contributed by atoms with Gasteiger partial charge in [-0.05, 0) is 49.6 Å². The lowest BCUT2D eigenvalue weighted by molar-refractivity contribution is 0.0948. The zero-order valence-corrected chi connectivity index (χ0v) is 14.4. The van der Waals surface area contributed by atoms with E-state index in [0.29, 0.717) is 36.1 Å². The lowest BCUT2D eigenvalue weighted by Crippen LogP contribution is -2.31. The zero-order chi connectivity index (χ0) is 17.6. The van der Waals surface area contributed by atoms with Crippen LogP contribution in [-0.2, 0) is 0 Å². The first-order chi connectivity index (χ1) is 12.2. The fraction of sp³-hybridized carbons (Fsp3) is 0.350. The summed E-state index contributed by atoms with van der Waals surface area (Å²) in [6.45, 7) is 4.62. The molecule has 1 fully saturated rings. The van der Waals surface area contributed by atoms with E-state index in [2.05, 4.69) is 5.32 Å². The number of hydrogen-bond acceptors (Lipinski definition) is 3. The Bertz CT molecular complexity index is 735. The van der Waals surface area contributed by atoms with E-state index < -0.39 is 0 Å². The van der Waals surface area contributed by atoms with Gasteiger partial charge in [0, 0.05) is 25.2 Å². The lowest BCUT2D eigenvalue weighted by Gasteiger charge is -2.19. The standard InChI is InChI=1S/C20H23FN2O2/c1-2-25-17-7-5-6-16(12-17)20(24)22-13-15-10-11-23(14-15)19-9-4-3-8-18(19)21/h3-9,12,15H,2,10-11,13-14H2,1H3,(H,22,24)/t15-/m1/s1. The van der Waals surface area contributed by atoms with Crippen LogP contribution in [-0.4, -0.2) is 32.1 Å². The number of nitrogens with one attached hydrogen (secondary N) is 1. The molecule has 2 aromatic carbocycles. The predicted octanol–water partition coefficient (Wildman–Crippen LogP) is 3.48. The van der Waals surface area contributed by atoms with Crippen molar-refractivity contribution in [3.05, 3.63) is 59.9 Å². The number of para-hydroxylation sites is 1. The van der Waals surface area contributed by atoms with Crippen LogP contribution in [0.5, 0.6) is 5.75 Å². The van der Waals surface area contributed by atoms with Crippen LogP contribution < -0.4 is 15.0 Å². The SMILES string of the molecule is CCOc1cccc(C(=O)NC[C@H]2CCN(c3ccccc3F)C2)c1. The molecule has 1 saturated heterocycles. The number of halogens is 1. The topological polar surface area (TPSA) is 41.6 Å². The van der Waals surface area contributed by atoms with Gasteiger partial charge in [-0.1, -0.05) is 18.2 Å². The normalized spacial score (nSPS) is 16.7. The molecule has 0 aliphatic carbocycles. The highest BCUT2D eigenvalue weighted by molar-refractivity contribution is 5.94. The smallest absolute Gasteiger partial charge is 0.251 e. The largest absolute Gasteiger partial charge is 0.494 e. The summed E-state index contributed by atoms with van der Waals surface area (Å²) in [7, 11) is 0. The first-order valence-electron chi connectivity index (χ1n) is 8.68. The number of carbonyl (C=O) groups is 1. The van der Waals surface area contributed by atoms with Gasteiger partial charge in [-0.2, -0.15) is 0 Å². The maximum atomic E-state index is 13.9. The molecule has 1 aliphatic rings. The highest BCUT2D eigenvalue weighted by Gasteiger charge is 2.24. The van der Waals surface area contributed by atoms with Gasteiger partial charge in [-0.25, -0.2) is 4.39 Å². The van der Waals surface area contributed by atoms with E-state index in [9.17, 15) is 9.18 Å². The monoisotopic (exact) mass is 342 g/mol. The van der Waals surface area contributed by atoms with Gasteiger partial charge < -0.3 is 15.0 Å². The molecule has 0 spiro atoms. The molecule has 1 heterocycles. The highest BCUT2D eigenvalue weighted by atomic mass is 19.1. The molecule has 132 valence electrons. The number of benzene rings is 2. The Hall–Kier alpha value is -2.56. The molecule has 0 bridgehead atoms. The van der Waals surface area contributed by atoms with Gasteiger partial charge in [0.15, 0.2) is 0 Å². The van der Waals surface area contributed by atoms with Crippen molar-refractivity contribution in [1.29, 1.82) is 0 Å². The van der Waals surface area contributed by atoms with Crippen molar-refractivity contribution < 1.29 is 13.9 Å². The maximum absolute atomic E-state index is 13.9. The van der Waals surface area contributed by atoms with E-state index in [-0.39, 0.29) is 11.7 Å². The van der Waals surface area contributed by atoms with Crippen LogP contribution in [0.4, 0.5) is 10.1 Å². The van der Waals surface area contributed by atoms with Gasteiger partial charge in [0.25, 0.3) is 5.91 Å². The quantitative estimate of drug-likeness (QED) is 0.874. The molecule has 2 aromatic rings. The molecular weight excluding hydrogens is 319 g/mol. The zero-order valence-electron chi connectivity index (χ0n) is 14.4. The van der Waals surface area contributed by atoms with Crippen LogP contribution in [0.25, 0.3) is 0 Å².